The van der Waals surface area contributed by atoms with Crippen molar-refractivity contribution in [1.29, 1.82) is 0 Å². The molecule has 0 radical (unpaired) electrons. The first-order chi connectivity index (χ1) is 13.4. The van der Waals surface area contributed by atoms with Crippen molar-refractivity contribution in [2.75, 3.05) is 32.7 Å². The predicted octanol–water partition coefficient (Wildman–Crippen LogP) is 2.44. The molecule has 28 heavy (non-hydrogen) atoms. The third-order valence-corrected chi connectivity index (χ3v) is 6.59. The summed E-state index contributed by atoms with van der Waals surface area (Å²) >= 11 is 1.89. The third kappa shape index (κ3) is 4.42. The number of guanidine groups is 1. The molecule has 1 atom stereocenters. The fourth-order valence-corrected chi connectivity index (χ4v) is 5.17. The van der Waals surface area contributed by atoms with Gasteiger partial charge in [0.15, 0.2) is 5.96 Å². The van der Waals surface area contributed by atoms with Gasteiger partial charge in [-0.2, -0.15) is 0 Å². The van der Waals surface area contributed by atoms with Crippen LogP contribution in [0.5, 0.6) is 0 Å². The highest BCUT2D eigenvalue weighted by atomic mass is 32.1. The van der Waals surface area contributed by atoms with Crippen LogP contribution in [0, 0.1) is 0 Å². The van der Waals surface area contributed by atoms with Crippen LogP contribution in [0.15, 0.2) is 4.99 Å². The van der Waals surface area contributed by atoms with Crippen LogP contribution < -0.4 is 5.32 Å². The minimum atomic E-state index is -0.456. The Morgan fingerprint density at radius 1 is 1.29 bits per heavy atom. The van der Waals surface area contributed by atoms with E-state index in [0.29, 0.717) is 13.1 Å². The van der Waals surface area contributed by atoms with E-state index in [1.165, 1.54) is 34.8 Å². The zero-order chi connectivity index (χ0) is 19.7. The number of ether oxygens (including phenoxy) is 1. The van der Waals surface area contributed by atoms with Crippen LogP contribution in [0.1, 0.15) is 49.2 Å². The molecule has 1 amide bonds. The Balaban J connectivity index is 1.25. The Morgan fingerprint density at radius 2 is 2.11 bits per heavy atom. The van der Waals surface area contributed by atoms with Crippen LogP contribution in [0.4, 0.5) is 4.79 Å². The van der Waals surface area contributed by atoms with Gasteiger partial charge in [-0.05, 0) is 46.5 Å². The number of piperazine rings is 1. The van der Waals surface area contributed by atoms with Crippen LogP contribution in [-0.4, -0.2) is 71.2 Å². The number of carbonyl (C=O) groups excluding carboxylic acids is 1. The summed E-state index contributed by atoms with van der Waals surface area (Å²) in [5.41, 5.74) is 0.880. The van der Waals surface area contributed by atoms with Crippen molar-refractivity contribution in [3.63, 3.8) is 0 Å². The molecule has 3 heterocycles. The Labute approximate surface area is 171 Å². The zero-order valence-electron chi connectivity index (χ0n) is 17.2. The molecule has 0 aromatic carbocycles. The summed E-state index contributed by atoms with van der Waals surface area (Å²) < 4.78 is 5.51. The summed E-state index contributed by atoms with van der Waals surface area (Å²) in [6.07, 6.45) is 5.66. The second-order valence-corrected chi connectivity index (χ2v) is 9.97. The fraction of sp³-hybridized carbons (Fsp3) is 0.750. The quantitative estimate of drug-likeness (QED) is 0.836. The average Bonchev–Trinajstić information content (AvgIpc) is 3.23. The van der Waals surface area contributed by atoms with Gasteiger partial charge >= 0.3 is 6.09 Å². The second-order valence-electron chi connectivity index (χ2n) is 8.80. The molecule has 3 aliphatic rings. The Morgan fingerprint density at radius 3 is 2.89 bits per heavy atom. The minimum absolute atomic E-state index is 0.221. The molecule has 1 aliphatic carbocycles. The molecular formula is C20H31N5O2S. The summed E-state index contributed by atoms with van der Waals surface area (Å²) in [6, 6.07) is 0.246. The summed E-state index contributed by atoms with van der Waals surface area (Å²) in [5.74, 6) is 0.968. The molecule has 7 nitrogen and oxygen atoms in total. The topological polar surface area (TPSA) is 70.1 Å². The first kappa shape index (κ1) is 19.5. The van der Waals surface area contributed by atoms with E-state index in [9.17, 15) is 4.79 Å². The number of fused-ring (bicyclic) bond motifs is 2. The lowest BCUT2D eigenvalue weighted by Gasteiger charge is -2.39. The van der Waals surface area contributed by atoms with Crippen molar-refractivity contribution < 1.29 is 9.53 Å². The number of aryl methyl sites for hydroxylation is 2. The number of amides is 1. The lowest BCUT2D eigenvalue weighted by Crippen LogP contribution is -2.57. The molecule has 0 saturated carbocycles. The SMILES string of the molecule is CC(C)(C)OC(=O)N1CCN2C(NCCc3nc4c(s3)CCCC4)=NCC2C1. The number of hydrogen-bond acceptors (Lipinski definition) is 7. The van der Waals surface area contributed by atoms with Gasteiger partial charge in [-0.25, -0.2) is 9.78 Å². The lowest BCUT2D eigenvalue weighted by atomic mass is 10.0. The zero-order valence-corrected chi connectivity index (χ0v) is 18.0. The van der Waals surface area contributed by atoms with Gasteiger partial charge in [0.2, 0.25) is 0 Å². The van der Waals surface area contributed by atoms with Crippen LogP contribution in [0.25, 0.3) is 0 Å². The minimum Gasteiger partial charge on any atom is -0.444 e. The highest BCUT2D eigenvalue weighted by Gasteiger charge is 2.36. The first-order valence-electron chi connectivity index (χ1n) is 10.4. The van der Waals surface area contributed by atoms with Gasteiger partial charge in [0.05, 0.1) is 23.3 Å². The number of rotatable bonds is 3. The highest BCUT2D eigenvalue weighted by molar-refractivity contribution is 7.11. The number of carbonyl (C=O) groups is 1. The Bertz CT molecular complexity index is 731. The monoisotopic (exact) mass is 405 g/mol. The maximum atomic E-state index is 12.3. The Kier molecular flexibility index (Phi) is 5.49. The van der Waals surface area contributed by atoms with Crippen molar-refractivity contribution in [2.45, 2.75) is 64.5 Å². The number of aliphatic imine (C=N–C) groups is 1. The van der Waals surface area contributed by atoms with Crippen LogP contribution in [0.2, 0.25) is 0 Å². The first-order valence-corrected chi connectivity index (χ1v) is 11.2. The largest absolute Gasteiger partial charge is 0.444 e. The van der Waals surface area contributed by atoms with Crippen molar-refractivity contribution in [3.05, 3.63) is 15.6 Å². The van der Waals surface area contributed by atoms with Crippen LogP contribution in [-0.2, 0) is 24.0 Å². The van der Waals surface area contributed by atoms with Gasteiger partial charge in [-0.3, -0.25) is 4.99 Å². The fourth-order valence-electron chi connectivity index (χ4n) is 4.02. The van der Waals surface area contributed by atoms with E-state index in [1.807, 2.05) is 37.0 Å². The summed E-state index contributed by atoms with van der Waals surface area (Å²) in [5, 5.41) is 4.74. The van der Waals surface area contributed by atoms with E-state index in [4.69, 9.17) is 9.72 Å². The molecule has 1 unspecified atom stereocenters. The van der Waals surface area contributed by atoms with E-state index in [-0.39, 0.29) is 12.1 Å². The van der Waals surface area contributed by atoms with Gasteiger partial charge in [0.25, 0.3) is 0 Å². The molecule has 2 aliphatic heterocycles. The summed E-state index contributed by atoms with van der Waals surface area (Å²) in [4.78, 5) is 27.4. The molecule has 1 aromatic heterocycles. The molecule has 1 saturated heterocycles. The molecule has 0 spiro atoms. The van der Waals surface area contributed by atoms with E-state index < -0.39 is 5.60 Å². The van der Waals surface area contributed by atoms with Crippen LogP contribution in [0.3, 0.4) is 0 Å². The van der Waals surface area contributed by atoms with Gasteiger partial charge in [0, 0.05) is 37.5 Å². The van der Waals surface area contributed by atoms with Gasteiger partial charge in [-0.15, -0.1) is 11.3 Å². The van der Waals surface area contributed by atoms with Gasteiger partial charge in [-0.1, -0.05) is 0 Å². The molecule has 1 N–H and O–H groups in total. The molecular weight excluding hydrogens is 374 g/mol. The van der Waals surface area contributed by atoms with E-state index in [0.717, 1.165) is 38.4 Å². The lowest BCUT2D eigenvalue weighted by molar-refractivity contribution is 0.0137. The third-order valence-electron chi connectivity index (χ3n) is 5.37. The Hall–Kier alpha value is -1.83. The molecule has 1 aromatic rings. The molecule has 4 rings (SSSR count). The smallest absolute Gasteiger partial charge is 0.410 e. The molecule has 0 bridgehead atoms. The average molecular weight is 406 g/mol. The number of aromatic nitrogens is 1. The van der Waals surface area contributed by atoms with E-state index >= 15 is 0 Å². The van der Waals surface area contributed by atoms with Crippen molar-refractivity contribution in [1.82, 2.24) is 20.1 Å². The maximum absolute atomic E-state index is 12.3. The van der Waals surface area contributed by atoms with Crippen molar-refractivity contribution in [3.8, 4) is 0 Å². The van der Waals surface area contributed by atoms with E-state index in [2.05, 4.69) is 15.2 Å². The number of nitrogens with zero attached hydrogens (tertiary/aromatic N) is 4. The summed E-state index contributed by atoms with van der Waals surface area (Å²) in [7, 11) is 0. The predicted molar refractivity (Wildman–Crippen MR) is 111 cm³/mol. The number of nitrogens with one attached hydrogen (secondary N) is 1. The normalized spacial score (nSPS) is 21.8. The number of thiazole rings is 1. The van der Waals surface area contributed by atoms with E-state index in [1.54, 1.807) is 0 Å². The second kappa shape index (κ2) is 7.89. The molecule has 154 valence electrons. The maximum Gasteiger partial charge on any atom is 0.410 e. The van der Waals surface area contributed by atoms with Crippen LogP contribution >= 0.6 is 11.3 Å². The van der Waals surface area contributed by atoms with Crippen molar-refractivity contribution >= 4 is 23.4 Å². The standard InChI is InChI=1S/C20H31N5O2S/c1-20(2,3)27-19(26)24-10-11-25-14(13-24)12-22-18(25)21-9-8-17-23-15-6-4-5-7-16(15)28-17/h14H,4-13H2,1-3H3,(H,21,22). The molecule has 8 heteroatoms. The van der Waals surface area contributed by atoms with Crippen molar-refractivity contribution in [2.24, 2.45) is 4.99 Å². The highest BCUT2D eigenvalue weighted by Crippen LogP contribution is 2.26. The van der Waals surface area contributed by atoms with Gasteiger partial charge in [0.1, 0.15) is 5.60 Å². The number of hydrogen-bond donors (Lipinski definition) is 1. The summed E-state index contributed by atoms with van der Waals surface area (Å²) in [6.45, 7) is 9.43. The molecule has 1 fully saturated rings. The van der Waals surface area contributed by atoms with Gasteiger partial charge < -0.3 is 19.9 Å².